The van der Waals surface area contributed by atoms with Crippen molar-refractivity contribution in [1.29, 1.82) is 0 Å². The Morgan fingerprint density at radius 1 is 1.47 bits per heavy atom. The summed E-state index contributed by atoms with van der Waals surface area (Å²) in [5.74, 6) is -1.49. The van der Waals surface area contributed by atoms with E-state index in [1.807, 2.05) is 0 Å². The van der Waals surface area contributed by atoms with Gasteiger partial charge in [-0.1, -0.05) is 6.07 Å². The summed E-state index contributed by atoms with van der Waals surface area (Å²) in [5, 5.41) is 21.0. The highest BCUT2D eigenvalue weighted by Crippen LogP contribution is 2.26. The molecule has 1 fully saturated rings. The number of benzene rings is 1. The van der Waals surface area contributed by atoms with Crippen molar-refractivity contribution < 1.29 is 19.4 Å². The first-order valence-corrected chi connectivity index (χ1v) is 5.51. The van der Waals surface area contributed by atoms with Gasteiger partial charge in [-0.25, -0.2) is 4.39 Å². The molecule has 5 heteroatoms. The molecule has 0 unspecified atom stereocenters. The molecule has 1 amide bonds. The van der Waals surface area contributed by atoms with Gasteiger partial charge in [0.2, 0.25) is 0 Å². The van der Waals surface area contributed by atoms with Crippen LogP contribution in [0.5, 0.6) is 5.75 Å². The van der Waals surface area contributed by atoms with Gasteiger partial charge in [-0.15, -0.1) is 0 Å². The number of carbonyl (C=O) groups is 1. The highest BCUT2D eigenvalue weighted by molar-refractivity contribution is 5.97. The second-order valence-corrected chi connectivity index (χ2v) is 4.34. The average Bonchev–Trinajstić information content (AvgIpc) is 2.22. The number of rotatable bonds is 3. The Bertz CT molecular complexity index is 410. The minimum absolute atomic E-state index is 0.239. The number of hydrogen-bond acceptors (Lipinski definition) is 3. The van der Waals surface area contributed by atoms with E-state index in [0.717, 1.165) is 6.07 Å². The third-order valence-corrected chi connectivity index (χ3v) is 2.98. The molecule has 0 spiro atoms. The van der Waals surface area contributed by atoms with Crippen LogP contribution in [-0.2, 0) is 0 Å². The van der Waals surface area contributed by atoms with Crippen LogP contribution in [0.1, 0.15) is 23.2 Å². The Kier molecular flexibility index (Phi) is 3.28. The van der Waals surface area contributed by atoms with Crippen LogP contribution in [0.25, 0.3) is 0 Å². The number of aliphatic hydroxyl groups excluding tert-OH is 1. The summed E-state index contributed by atoms with van der Waals surface area (Å²) >= 11 is 0. The van der Waals surface area contributed by atoms with Gasteiger partial charge in [0.05, 0.1) is 6.10 Å². The maximum absolute atomic E-state index is 13.3. The normalized spacial score (nSPS) is 22.9. The molecule has 1 aliphatic rings. The standard InChI is InChI=1S/C12H14FNO3/c13-9-2-1-3-10(16)11(9)12(17)14-6-7-4-8(15)5-7/h1-3,7-8,15-16H,4-6H2,(H,14,17). The van der Waals surface area contributed by atoms with Crippen LogP contribution in [0.3, 0.4) is 0 Å². The van der Waals surface area contributed by atoms with Crippen LogP contribution >= 0.6 is 0 Å². The van der Waals surface area contributed by atoms with Crippen LogP contribution < -0.4 is 5.32 Å². The van der Waals surface area contributed by atoms with E-state index in [4.69, 9.17) is 5.11 Å². The molecule has 1 saturated carbocycles. The SMILES string of the molecule is O=C(NCC1CC(O)C1)c1c(O)cccc1F. The van der Waals surface area contributed by atoms with Crippen molar-refractivity contribution in [1.82, 2.24) is 5.32 Å². The molecule has 0 atom stereocenters. The highest BCUT2D eigenvalue weighted by atomic mass is 19.1. The van der Waals surface area contributed by atoms with Crippen LogP contribution in [0, 0.1) is 11.7 Å². The van der Waals surface area contributed by atoms with Crippen molar-refractivity contribution in [3.8, 4) is 5.75 Å². The van der Waals surface area contributed by atoms with Gasteiger partial charge in [-0.05, 0) is 30.9 Å². The van der Waals surface area contributed by atoms with E-state index in [0.29, 0.717) is 19.4 Å². The number of hydrogen-bond donors (Lipinski definition) is 3. The lowest BCUT2D eigenvalue weighted by molar-refractivity contribution is 0.0419. The Labute approximate surface area is 98.1 Å². The largest absolute Gasteiger partial charge is 0.507 e. The maximum Gasteiger partial charge on any atom is 0.258 e. The zero-order valence-corrected chi connectivity index (χ0v) is 9.19. The lowest BCUT2D eigenvalue weighted by Gasteiger charge is -2.31. The fourth-order valence-corrected chi connectivity index (χ4v) is 1.93. The molecule has 0 bridgehead atoms. The van der Waals surface area contributed by atoms with Crippen molar-refractivity contribution in [2.24, 2.45) is 5.92 Å². The first-order chi connectivity index (χ1) is 8.08. The van der Waals surface area contributed by atoms with Crippen LogP contribution in [0.15, 0.2) is 18.2 Å². The number of carbonyl (C=O) groups excluding carboxylic acids is 1. The Balaban J connectivity index is 1.95. The number of nitrogens with one attached hydrogen (secondary N) is 1. The molecular formula is C12H14FNO3. The zero-order valence-electron chi connectivity index (χ0n) is 9.19. The van der Waals surface area contributed by atoms with Gasteiger partial charge in [0, 0.05) is 6.54 Å². The van der Waals surface area contributed by atoms with Crippen molar-refractivity contribution in [2.45, 2.75) is 18.9 Å². The van der Waals surface area contributed by atoms with Crippen molar-refractivity contribution in [3.05, 3.63) is 29.6 Å². The van der Waals surface area contributed by atoms with E-state index in [1.54, 1.807) is 0 Å². The third-order valence-electron chi connectivity index (χ3n) is 2.98. The fourth-order valence-electron chi connectivity index (χ4n) is 1.93. The maximum atomic E-state index is 13.3. The van der Waals surface area contributed by atoms with Crippen molar-refractivity contribution >= 4 is 5.91 Å². The smallest absolute Gasteiger partial charge is 0.258 e. The molecule has 0 heterocycles. The molecule has 2 rings (SSSR count). The summed E-state index contributed by atoms with van der Waals surface area (Å²) in [6.45, 7) is 0.393. The first kappa shape index (κ1) is 11.9. The summed E-state index contributed by atoms with van der Waals surface area (Å²) in [6, 6.07) is 3.73. The van der Waals surface area contributed by atoms with Gasteiger partial charge >= 0.3 is 0 Å². The van der Waals surface area contributed by atoms with Crippen molar-refractivity contribution in [3.63, 3.8) is 0 Å². The van der Waals surface area contributed by atoms with Crippen LogP contribution in [-0.4, -0.2) is 28.8 Å². The molecule has 0 radical (unpaired) electrons. The minimum atomic E-state index is -0.740. The molecular weight excluding hydrogens is 225 g/mol. The lowest BCUT2D eigenvalue weighted by Crippen LogP contribution is -2.38. The van der Waals surface area contributed by atoms with Crippen LogP contribution in [0.2, 0.25) is 0 Å². The molecule has 92 valence electrons. The third kappa shape index (κ3) is 2.55. The highest BCUT2D eigenvalue weighted by Gasteiger charge is 2.27. The predicted octanol–water partition coefficient (Wildman–Crippen LogP) is 1.03. The van der Waals surface area contributed by atoms with Gasteiger partial charge in [-0.3, -0.25) is 4.79 Å². The molecule has 0 saturated heterocycles. The number of phenols is 1. The number of phenolic OH excluding ortho intramolecular Hbond substituents is 1. The van der Waals surface area contributed by atoms with Gasteiger partial charge in [0.25, 0.3) is 5.91 Å². The summed E-state index contributed by atoms with van der Waals surface area (Å²) in [6.07, 6.45) is 1.03. The molecule has 0 aromatic heterocycles. The van der Waals surface area contributed by atoms with E-state index < -0.39 is 11.7 Å². The zero-order chi connectivity index (χ0) is 12.4. The van der Waals surface area contributed by atoms with E-state index >= 15 is 0 Å². The lowest BCUT2D eigenvalue weighted by atomic mass is 9.82. The summed E-state index contributed by atoms with van der Waals surface area (Å²) in [5.41, 5.74) is -0.327. The number of aromatic hydroxyl groups is 1. The average molecular weight is 239 g/mol. The van der Waals surface area contributed by atoms with Gasteiger partial charge in [0.15, 0.2) is 0 Å². The second kappa shape index (κ2) is 4.71. The number of halogens is 1. The van der Waals surface area contributed by atoms with Gasteiger partial charge in [0.1, 0.15) is 17.1 Å². The molecule has 0 aliphatic heterocycles. The monoisotopic (exact) mass is 239 g/mol. The van der Waals surface area contributed by atoms with E-state index in [9.17, 15) is 14.3 Å². The topological polar surface area (TPSA) is 69.6 Å². The molecule has 17 heavy (non-hydrogen) atoms. The number of amides is 1. The Morgan fingerprint density at radius 2 is 2.18 bits per heavy atom. The summed E-state index contributed by atoms with van der Waals surface area (Å²) < 4.78 is 13.3. The minimum Gasteiger partial charge on any atom is -0.507 e. The first-order valence-electron chi connectivity index (χ1n) is 5.51. The summed E-state index contributed by atoms with van der Waals surface area (Å²) in [4.78, 5) is 11.6. The van der Waals surface area contributed by atoms with Crippen LogP contribution in [0.4, 0.5) is 4.39 Å². The van der Waals surface area contributed by atoms with E-state index in [-0.39, 0.29) is 23.3 Å². The predicted molar refractivity (Wildman–Crippen MR) is 59.1 cm³/mol. The van der Waals surface area contributed by atoms with Gasteiger partial charge < -0.3 is 15.5 Å². The number of aliphatic hydroxyl groups is 1. The van der Waals surface area contributed by atoms with E-state index in [1.165, 1.54) is 12.1 Å². The quantitative estimate of drug-likeness (QED) is 0.738. The summed E-state index contributed by atoms with van der Waals surface area (Å²) in [7, 11) is 0. The molecule has 1 aromatic carbocycles. The second-order valence-electron chi connectivity index (χ2n) is 4.34. The van der Waals surface area contributed by atoms with Gasteiger partial charge in [-0.2, -0.15) is 0 Å². The molecule has 1 aliphatic carbocycles. The molecule has 1 aromatic rings. The van der Waals surface area contributed by atoms with Crippen molar-refractivity contribution in [2.75, 3.05) is 6.54 Å². The Morgan fingerprint density at radius 3 is 2.76 bits per heavy atom. The molecule has 4 nitrogen and oxygen atoms in total. The fraction of sp³-hybridized carbons (Fsp3) is 0.417. The molecule has 3 N–H and O–H groups in total. The van der Waals surface area contributed by atoms with E-state index in [2.05, 4.69) is 5.32 Å². The Hall–Kier alpha value is -1.62.